The first kappa shape index (κ1) is 22.2. The van der Waals surface area contributed by atoms with E-state index in [9.17, 15) is 0 Å². The Morgan fingerprint density at radius 3 is 1.27 bits per heavy atom. The predicted octanol–water partition coefficient (Wildman–Crippen LogP) is 6.93. The summed E-state index contributed by atoms with van der Waals surface area (Å²) in [6.07, 6.45) is 2.16. The summed E-state index contributed by atoms with van der Waals surface area (Å²) in [6.45, 7) is 2.12. The largest absolute Gasteiger partial charge is 0.0883 e. The van der Waals surface area contributed by atoms with Gasteiger partial charge in [0.25, 0.3) is 0 Å². The quantitative estimate of drug-likeness (QED) is 0.218. The van der Waals surface area contributed by atoms with Crippen LogP contribution in [0.2, 0.25) is 0 Å². The van der Waals surface area contributed by atoms with Crippen molar-refractivity contribution < 1.29 is 0 Å². The summed E-state index contributed by atoms with van der Waals surface area (Å²) in [7, 11) is -0.446. The number of alkyl halides is 1. The maximum absolute atomic E-state index is 3.37. The highest BCUT2D eigenvalue weighted by molar-refractivity contribution is 9.09. The second-order valence-corrected chi connectivity index (χ2v) is 9.62. The van der Waals surface area contributed by atoms with Gasteiger partial charge in [0.05, 0.1) is 0 Å². The lowest BCUT2D eigenvalue weighted by molar-refractivity contribution is 1.55. The fourth-order valence-corrected chi connectivity index (χ4v) is 5.90. The highest BCUT2D eigenvalue weighted by Gasteiger charge is 2.14. The number of allylic oxidation sites excluding steroid dienone is 2. The Hall–Kier alpha value is -2.47. The Morgan fingerprint density at radius 1 is 0.600 bits per heavy atom. The van der Waals surface area contributed by atoms with Gasteiger partial charge in [-0.05, 0) is 41.9 Å². The average Bonchev–Trinajstić information content (AvgIpc) is 2.83. The van der Waals surface area contributed by atoms with Gasteiger partial charge in [-0.2, -0.15) is 0 Å². The van der Waals surface area contributed by atoms with Crippen molar-refractivity contribution in [3.8, 4) is 0 Å². The second-order valence-electron chi connectivity index (χ2n) is 6.75. The fraction of sp³-hybridized carbons (Fsp3) is 0.0714. The van der Waals surface area contributed by atoms with Gasteiger partial charge < -0.3 is 0 Å². The third-order valence-corrected chi connectivity index (χ3v) is 7.42. The molecule has 0 aliphatic carbocycles. The maximum Gasteiger partial charge on any atom is 0.0217 e. The second kappa shape index (κ2) is 12.3. The topological polar surface area (TPSA) is 0 Å². The number of rotatable bonds is 5. The van der Waals surface area contributed by atoms with Crippen LogP contribution in [0, 0.1) is 0 Å². The van der Waals surface area contributed by atoms with E-state index >= 15 is 0 Å². The molecule has 4 aromatic rings. The Bertz CT molecular complexity index is 919. The molecule has 150 valence electrons. The predicted molar refractivity (Wildman–Crippen MR) is 139 cm³/mol. The summed E-state index contributed by atoms with van der Waals surface area (Å²) in [5, 5.41) is 5.12. The molecule has 0 saturated carbocycles. The molecule has 4 rings (SSSR count). The summed E-state index contributed by atoms with van der Waals surface area (Å²) >= 11 is 3.37. The molecule has 0 aliphatic heterocycles. The van der Waals surface area contributed by atoms with Crippen molar-refractivity contribution in [2.45, 2.75) is 6.92 Å². The van der Waals surface area contributed by atoms with E-state index in [4.69, 9.17) is 0 Å². The molecule has 0 aromatic heterocycles. The SMILES string of the molecule is C/C(=C/CBr)c1ccccc1.c1ccc(P(c2ccccc2)c2ccccc2)cc1. The Balaban J connectivity index is 0.000000199. The average molecular weight is 473 g/mol. The van der Waals surface area contributed by atoms with Crippen molar-refractivity contribution in [2.24, 2.45) is 0 Å². The van der Waals surface area contributed by atoms with Crippen LogP contribution in [0.3, 0.4) is 0 Å². The van der Waals surface area contributed by atoms with E-state index in [0.29, 0.717) is 0 Å². The Labute approximate surface area is 190 Å². The molecule has 2 heteroatoms. The van der Waals surface area contributed by atoms with Crippen molar-refractivity contribution in [1.82, 2.24) is 0 Å². The zero-order valence-corrected chi connectivity index (χ0v) is 19.6. The third-order valence-electron chi connectivity index (χ3n) is 4.66. The standard InChI is InChI=1S/C18H15P.C10H11Br/c1-4-10-16(11-5-1)19(17-12-6-2-7-13-17)18-14-8-3-9-15-18;1-9(7-8-11)10-5-3-2-4-6-10/h1-15H;2-7H,8H2,1H3/b;9-7-. The van der Waals surface area contributed by atoms with Crippen LogP contribution in [-0.4, -0.2) is 5.33 Å². The maximum atomic E-state index is 3.37. The normalized spacial score (nSPS) is 11.0. The van der Waals surface area contributed by atoms with Crippen LogP contribution < -0.4 is 15.9 Å². The monoisotopic (exact) mass is 472 g/mol. The number of hydrogen-bond donors (Lipinski definition) is 0. The van der Waals surface area contributed by atoms with Gasteiger partial charge in [-0.25, -0.2) is 0 Å². The van der Waals surface area contributed by atoms with Gasteiger partial charge in [0.2, 0.25) is 0 Å². The van der Waals surface area contributed by atoms with Crippen LogP contribution in [-0.2, 0) is 0 Å². The highest BCUT2D eigenvalue weighted by atomic mass is 79.9. The molecule has 0 aliphatic rings. The fourth-order valence-electron chi connectivity index (χ4n) is 3.11. The van der Waals surface area contributed by atoms with Gasteiger partial charge in [0, 0.05) is 5.33 Å². The molecule has 30 heavy (non-hydrogen) atoms. The first-order valence-corrected chi connectivity index (χ1v) is 12.5. The minimum Gasteiger partial charge on any atom is -0.0883 e. The summed E-state index contributed by atoms with van der Waals surface area (Å²) < 4.78 is 0. The molecule has 0 heterocycles. The van der Waals surface area contributed by atoms with E-state index in [1.807, 2.05) is 6.07 Å². The zero-order chi connectivity index (χ0) is 21.0. The lowest BCUT2D eigenvalue weighted by Gasteiger charge is -2.18. The third kappa shape index (κ3) is 6.52. The number of halogens is 1. The molecule has 0 saturated heterocycles. The van der Waals surface area contributed by atoms with Crippen molar-refractivity contribution in [2.75, 3.05) is 5.33 Å². The van der Waals surface area contributed by atoms with Crippen LogP contribution in [0.4, 0.5) is 0 Å². The lowest BCUT2D eigenvalue weighted by atomic mass is 10.1. The summed E-state index contributed by atoms with van der Waals surface area (Å²) in [6, 6.07) is 42.7. The minimum atomic E-state index is -0.446. The van der Waals surface area contributed by atoms with E-state index in [2.05, 4.69) is 144 Å². The molecular weight excluding hydrogens is 447 g/mol. The molecule has 0 bridgehead atoms. The highest BCUT2D eigenvalue weighted by Crippen LogP contribution is 2.32. The molecule has 0 spiro atoms. The van der Waals surface area contributed by atoms with Gasteiger partial charge in [0.15, 0.2) is 0 Å². The molecule has 0 unspecified atom stereocenters. The van der Waals surface area contributed by atoms with Gasteiger partial charge in [0.1, 0.15) is 0 Å². The molecule has 4 aromatic carbocycles. The molecule has 0 amide bonds. The summed E-state index contributed by atoms with van der Waals surface area (Å²) in [5.41, 5.74) is 2.62. The van der Waals surface area contributed by atoms with E-state index in [1.165, 1.54) is 27.1 Å². The van der Waals surface area contributed by atoms with E-state index in [-0.39, 0.29) is 0 Å². The molecule has 0 atom stereocenters. The van der Waals surface area contributed by atoms with Crippen molar-refractivity contribution in [3.63, 3.8) is 0 Å². The Morgan fingerprint density at radius 2 is 0.933 bits per heavy atom. The van der Waals surface area contributed by atoms with Crippen LogP contribution in [0.5, 0.6) is 0 Å². The molecule has 0 fully saturated rings. The van der Waals surface area contributed by atoms with Crippen LogP contribution >= 0.6 is 23.9 Å². The number of hydrogen-bond acceptors (Lipinski definition) is 0. The van der Waals surface area contributed by atoms with Gasteiger partial charge >= 0.3 is 0 Å². The van der Waals surface area contributed by atoms with Gasteiger partial charge in [-0.3, -0.25) is 0 Å². The first-order chi connectivity index (χ1) is 14.8. The zero-order valence-electron chi connectivity index (χ0n) is 17.2. The van der Waals surface area contributed by atoms with Crippen LogP contribution in [0.25, 0.3) is 5.57 Å². The van der Waals surface area contributed by atoms with Crippen molar-refractivity contribution in [3.05, 3.63) is 133 Å². The van der Waals surface area contributed by atoms with Crippen LogP contribution in [0.15, 0.2) is 127 Å². The smallest absolute Gasteiger partial charge is 0.0217 e. The lowest BCUT2D eigenvalue weighted by Crippen LogP contribution is -2.20. The van der Waals surface area contributed by atoms with E-state index in [1.54, 1.807) is 0 Å². The molecule has 0 radical (unpaired) electrons. The van der Waals surface area contributed by atoms with E-state index < -0.39 is 7.92 Å². The van der Waals surface area contributed by atoms with Gasteiger partial charge in [-0.15, -0.1) is 0 Å². The van der Waals surface area contributed by atoms with E-state index in [0.717, 1.165) is 5.33 Å². The minimum absolute atomic E-state index is 0.446. The molecule has 0 N–H and O–H groups in total. The molecule has 0 nitrogen and oxygen atoms in total. The van der Waals surface area contributed by atoms with Crippen molar-refractivity contribution in [1.29, 1.82) is 0 Å². The first-order valence-electron chi connectivity index (χ1n) is 10.0. The number of benzene rings is 4. The molecular formula is C28H26BrP. The Kier molecular flexibility index (Phi) is 9.09. The van der Waals surface area contributed by atoms with Gasteiger partial charge in [-0.1, -0.05) is 143 Å². The summed E-state index contributed by atoms with van der Waals surface area (Å²) in [5.74, 6) is 0. The van der Waals surface area contributed by atoms with Crippen molar-refractivity contribution >= 4 is 45.3 Å². The summed E-state index contributed by atoms with van der Waals surface area (Å²) in [4.78, 5) is 0. The van der Waals surface area contributed by atoms with Crippen LogP contribution in [0.1, 0.15) is 12.5 Å².